The number of nitrogens with zero attached hydrogens (tertiary/aromatic N) is 1. The summed E-state index contributed by atoms with van der Waals surface area (Å²) in [6.07, 6.45) is 4.03. The fourth-order valence-corrected chi connectivity index (χ4v) is 2.84. The van der Waals surface area contributed by atoms with E-state index in [2.05, 4.69) is 44.8 Å². The molecule has 1 saturated heterocycles. The molecule has 2 heteroatoms. The van der Waals surface area contributed by atoms with Crippen molar-refractivity contribution in [1.82, 2.24) is 10.2 Å². The van der Waals surface area contributed by atoms with Gasteiger partial charge in [-0.05, 0) is 44.9 Å². The molecule has 0 aromatic rings. The second kappa shape index (κ2) is 7.38. The summed E-state index contributed by atoms with van der Waals surface area (Å²) in [5.74, 6) is 1.72. The van der Waals surface area contributed by atoms with E-state index in [9.17, 15) is 0 Å². The Hall–Kier alpha value is -0.0800. The van der Waals surface area contributed by atoms with Crippen molar-refractivity contribution < 1.29 is 0 Å². The van der Waals surface area contributed by atoms with E-state index in [1.807, 2.05) is 0 Å². The highest BCUT2D eigenvalue weighted by atomic mass is 15.2. The van der Waals surface area contributed by atoms with Crippen molar-refractivity contribution in [3.05, 3.63) is 0 Å². The summed E-state index contributed by atoms with van der Waals surface area (Å²) in [5.41, 5.74) is 0. The van der Waals surface area contributed by atoms with Crippen molar-refractivity contribution in [3.8, 4) is 0 Å². The summed E-state index contributed by atoms with van der Waals surface area (Å²) >= 11 is 0. The van der Waals surface area contributed by atoms with Crippen LogP contribution in [0.25, 0.3) is 0 Å². The van der Waals surface area contributed by atoms with E-state index in [0.29, 0.717) is 6.04 Å². The second-order valence-electron chi connectivity index (χ2n) is 6.51. The Morgan fingerprint density at radius 2 is 1.88 bits per heavy atom. The number of hydrogen-bond acceptors (Lipinski definition) is 2. The van der Waals surface area contributed by atoms with Gasteiger partial charge in [0, 0.05) is 31.7 Å². The molecule has 1 heterocycles. The summed E-state index contributed by atoms with van der Waals surface area (Å²) in [5, 5.41) is 3.66. The van der Waals surface area contributed by atoms with Gasteiger partial charge in [0.2, 0.25) is 0 Å². The van der Waals surface area contributed by atoms with Crippen LogP contribution in [0.15, 0.2) is 0 Å². The topological polar surface area (TPSA) is 15.3 Å². The molecule has 3 unspecified atom stereocenters. The van der Waals surface area contributed by atoms with Crippen molar-refractivity contribution in [2.75, 3.05) is 19.6 Å². The number of hydrogen-bond donors (Lipinski definition) is 1. The molecule has 3 atom stereocenters. The molecule has 0 saturated carbocycles. The summed E-state index contributed by atoms with van der Waals surface area (Å²) in [6, 6.07) is 1.46. The lowest BCUT2D eigenvalue weighted by Gasteiger charge is -2.22. The molecular formula is C15H32N2. The van der Waals surface area contributed by atoms with E-state index in [1.54, 1.807) is 0 Å². The third-order valence-electron chi connectivity index (χ3n) is 3.98. The van der Waals surface area contributed by atoms with Gasteiger partial charge in [0.25, 0.3) is 0 Å². The molecule has 1 fully saturated rings. The third kappa shape index (κ3) is 5.87. The monoisotopic (exact) mass is 240 g/mol. The highest BCUT2D eigenvalue weighted by Gasteiger charge is 2.25. The molecule has 102 valence electrons. The Kier molecular flexibility index (Phi) is 6.50. The van der Waals surface area contributed by atoms with Gasteiger partial charge in [-0.25, -0.2) is 0 Å². The van der Waals surface area contributed by atoms with Crippen LogP contribution >= 0.6 is 0 Å². The fraction of sp³-hybridized carbons (Fsp3) is 1.00. The Labute approximate surface area is 108 Å². The van der Waals surface area contributed by atoms with E-state index in [4.69, 9.17) is 0 Å². The number of rotatable bonds is 7. The van der Waals surface area contributed by atoms with Crippen LogP contribution in [-0.4, -0.2) is 36.6 Å². The SMILES string of the molecule is CC(C)CCC(C)NCCN1CC(C)CC1C. The first-order valence-corrected chi connectivity index (χ1v) is 7.46. The maximum absolute atomic E-state index is 3.66. The largest absolute Gasteiger partial charge is 0.313 e. The average Bonchev–Trinajstić information content (AvgIpc) is 2.55. The summed E-state index contributed by atoms with van der Waals surface area (Å²) in [4.78, 5) is 2.63. The molecule has 0 bridgehead atoms. The third-order valence-corrected chi connectivity index (χ3v) is 3.98. The smallest absolute Gasteiger partial charge is 0.0110 e. The van der Waals surface area contributed by atoms with Gasteiger partial charge in [0.1, 0.15) is 0 Å². The zero-order chi connectivity index (χ0) is 12.8. The van der Waals surface area contributed by atoms with E-state index in [0.717, 1.165) is 24.4 Å². The maximum Gasteiger partial charge on any atom is 0.0110 e. The van der Waals surface area contributed by atoms with Crippen LogP contribution in [0.3, 0.4) is 0 Å². The molecule has 1 aliphatic heterocycles. The lowest BCUT2D eigenvalue weighted by Crippen LogP contribution is -2.37. The van der Waals surface area contributed by atoms with E-state index >= 15 is 0 Å². The molecule has 2 nitrogen and oxygen atoms in total. The first kappa shape index (κ1) is 15.0. The molecule has 0 radical (unpaired) electrons. The highest BCUT2D eigenvalue weighted by Crippen LogP contribution is 2.21. The molecule has 0 spiro atoms. The van der Waals surface area contributed by atoms with Crippen LogP contribution in [0.1, 0.15) is 53.9 Å². The maximum atomic E-state index is 3.66. The Balaban J connectivity index is 2.07. The Morgan fingerprint density at radius 3 is 2.41 bits per heavy atom. The van der Waals surface area contributed by atoms with Crippen molar-refractivity contribution in [2.24, 2.45) is 11.8 Å². The van der Waals surface area contributed by atoms with Crippen LogP contribution in [0.2, 0.25) is 0 Å². The van der Waals surface area contributed by atoms with Gasteiger partial charge in [-0.1, -0.05) is 20.8 Å². The second-order valence-corrected chi connectivity index (χ2v) is 6.51. The fourth-order valence-electron chi connectivity index (χ4n) is 2.84. The van der Waals surface area contributed by atoms with Crippen molar-refractivity contribution >= 4 is 0 Å². The van der Waals surface area contributed by atoms with Crippen molar-refractivity contribution in [3.63, 3.8) is 0 Å². The van der Waals surface area contributed by atoms with Gasteiger partial charge in [-0.3, -0.25) is 4.90 Å². The quantitative estimate of drug-likeness (QED) is 0.735. The lowest BCUT2D eigenvalue weighted by atomic mass is 10.0. The van der Waals surface area contributed by atoms with Gasteiger partial charge in [0.15, 0.2) is 0 Å². The Morgan fingerprint density at radius 1 is 1.18 bits per heavy atom. The minimum atomic E-state index is 0.674. The van der Waals surface area contributed by atoms with Gasteiger partial charge >= 0.3 is 0 Å². The molecular weight excluding hydrogens is 208 g/mol. The summed E-state index contributed by atoms with van der Waals surface area (Å²) in [7, 11) is 0. The summed E-state index contributed by atoms with van der Waals surface area (Å²) in [6.45, 7) is 15.3. The molecule has 0 amide bonds. The molecule has 0 aromatic carbocycles. The first-order chi connectivity index (χ1) is 7.99. The van der Waals surface area contributed by atoms with Crippen molar-refractivity contribution in [1.29, 1.82) is 0 Å². The molecule has 17 heavy (non-hydrogen) atoms. The van der Waals surface area contributed by atoms with Gasteiger partial charge < -0.3 is 5.32 Å². The Bertz CT molecular complexity index is 203. The molecule has 1 aliphatic rings. The van der Waals surface area contributed by atoms with Crippen LogP contribution in [-0.2, 0) is 0 Å². The highest BCUT2D eigenvalue weighted by molar-refractivity contribution is 4.80. The standard InChI is InChI=1S/C15H32N2/c1-12(2)6-7-14(4)16-8-9-17-11-13(3)10-15(17)5/h12-16H,6-11H2,1-5H3. The lowest BCUT2D eigenvalue weighted by molar-refractivity contribution is 0.259. The van der Waals surface area contributed by atoms with Crippen molar-refractivity contribution in [2.45, 2.75) is 66.0 Å². The van der Waals surface area contributed by atoms with Crippen LogP contribution in [0.4, 0.5) is 0 Å². The zero-order valence-electron chi connectivity index (χ0n) is 12.5. The normalized spacial score (nSPS) is 27.9. The zero-order valence-corrected chi connectivity index (χ0v) is 12.5. The minimum Gasteiger partial charge on any atom is -0.313 e. The predicted molar refractivity (Wildman–Crippen MR) is 76.4 cm³/mol. The van der Waals surface area contributed by atoms with Crippen LogP contribution in [0.5, 0.6) is 0 Å². The van der Waals surface area contributed by atoms with Crippen LogP contribution in [0, 0.1) is 11.8 Å². The average molecular weight is 240 g/mol. The van der Waals surface area contributed by atoms with Gasteiger partial charge in [-0.2, -0.15) is 0 Å². The van der Waals surface area contributed by atoms with Gasteiger partial charge in [-0.15, -0.1) is 0 Å². The first-order valence-electron chi connectivity index (χ1n) is 7.46. The predicted octanol–water partition coefficient (Wildman–Crippen LogP) is 3.13. The van der Waals surface area contributed by atoms with E-state index < -0.39 is 0 Å². The number of nitrogens with one attached hydrogen (secondary N) is 1. The summed E-state index contributed by atoms with van der Waals surface area (Å²) < 4.78 is 0. The molecule has 0 aliphatic carbocycles. The van der Waals surface area contributed by atoms with Crippen LogP contribution < -0.4 is 5.32 Å². The minimum absolute atomic E-state index is 0.674. The molecule has 1 rings (SSSR count). The molecule has 0 aromatic heterocycles. The van der Waals surface area contributed by atoms with E-state index in [-0.39, 0.29) is 0 Å². The van der Waals surface area contributed by atoms with E-state index in [1.165, 1.54) is 32.4 Å². The molecule has 1 N–H and O–H groups in total. The number of likely N-dealkylation sites (tertiary alicyclic amines) is 1. The van der Waals surface area contributed by atoms with Gasteiger partial charge in [0.05, 0.1) is 0 Å².